The van der Waals surface area contributed by atoms with E-state index >= 15 is 0 Å². The molecule has 35 heavy (non-hydrogen) atoms. The van der Waals surface area contributed by atoms with Gasteiger partial charge in [-0.3, -0.25) is 9.10 Å². The molecule has 0 fully saturated rings. The Balaban J connectivity index is 1.70. The number of hydrogen-bond donors (Lipinski definition) is 1. The minimum Gasteiger partial charge on any atom is -0.497 e. The van der Waals surface area contributed by atoms with Gasteiger partial charge in [0.2, 0.25) is 5.91 Å². The fraction of sp³-hybridized carbons (Fsp3) is 0.240. The van der Waals surface area contributed by atoms with Crippen LogP contribution in [0.25, 0.3) is 0 Å². The molecule has 0 bridgehead atoms. The molecule has 186 valence electrons. The SMILES string of the molecule is COc1ccc(S(=O)(=O)N(CC(=O)NCCSCc2ccccc2F)c2ccccc2OC)cc1. The highest BCUT2D eigenvalue weighted by Gasteiger charge is 2.29. The van der Waals surface area contributed by atoms with Crippen molar-refractivity contribution in [2.45, 2.75) is 10.6 Å². The van der Waals surface area contributed by atoms with E-state index in [4.69, 9.17) is 9.47 Å². The minimum atomic E-state index is -4.09. The van der Waals surface area contributed by atoms with E-state index in [-0.39, 0.29) is 16.4 Å². The van der Waals surface area contributed by atoms with E-state index in [0.29, 0.717) is 35.1 Å². The van der Waals surface area contributed by atoms with E-state index in [9.17, 15) is 17.6 Å². The summed E-state index contributed by atoms with van der Waals surface area (Å²) in [6.45, 7) is -0.132. The highest BCUT2D eigenvalue weighted by atomic mass is 32.2. The van der Waals surface area contributed by atoms with Gasteiger partial charge in [0.1, 0.15) is 23.9 Å². The molecule has 0 aromatic heterocycles. The maximum atomic E-state index is 13.7. The van der Waals surface area contributed by atoms with Crippen LogP contribution in [0.3, 0.4) is 0 Å². The summed E-state index contributed by atoms with van der Waals surface area (Å²) >= 11 is 1.47. The van der Waals surface area contributed by atoms with Gasteiger partial charge in [-0.1, -0.05) is 30.3 Å². The Bertz CT molecular complexity index is 1240. The molecule has 7 nitrogen and oxygen atoms in total. The molecule has 1 N–H and O–H groups in total. The van der Waals surface area contributed by atoms with E-state index < -0.39 is 22.5 Å². The molecule has 3 aromatic rings. The molecule has 0 unspecified atom stereocenters. The van der Waals surface area contributed by atoms with E-state index in [1.807, 2.05) is 0 Å². The summed E-state index contributed by atoms with van der Waals surface area (Å²) in [7, 11) is -1.17. The fourth-order valence-electron chi connectivity index (χ4n) is 3.26. The number of benzene rings is 3. The van der Waals surface area contributed by atoms with Crippen molar-refractivity contribution in [2.24, 2.45) is 0 Å². The van der Waals surface area contributed by atoms with Gasteiger partial charge < -0.3 is 14.8 Å². The Morgan fingerprint density at radius 2 is 1.66 bits per heavy atom. The van der Waals surface area contributed by atoms with Crippen molar-refractivity contribution in [2.75, 3.05) is 37.4 Å². The Labute approximate surface area is 209 Å². The minimum absolute atomic E-state index is 0.0115. The van der Waals surface area contributed by atoms with Crippen LogP contribution >= 0.6 is 11.8 Å². The number of anilines is 1. The molecule has 3 rings (SSSR count). The smallest absolute Gasteiger partial charge is 0.264 e. The fourth-order valence-corrected chi connectivity index (χ4v) is 5.53. The molecule has 0 aliphatic heterocycles. The van der Waals surface area contributed by atoms with Gasteiger partial charge in [0.05, 0.1) is 24.8 Å². The number of rotatable bonds is 12. The third-order valence-electron chi connectivity index (χ3n) is 5.07. The number of nitrogens with one attached hydrogen (secondary N) is 1. The van der Waals surface area contributed by atoms with Crippen molar-refractivity contribution < 1.29 is 27.1 Å². The summed E-state index contributed by atoms with van der Waals surface area (Å²) < 4.78 is 52.2. The third kappa shape index (κ3) is 6.89. The second-order valence-electron chi connectivity index (χ2n) is 7.35. The number of thioether (sulfide) groups is 1. The van der Waals surface area contributed by atoms with Crippen molar-refractivity contribution in [3.8, 4) is 11.5 Å². The van der Waals surface area contributed by atoms with Gasteiger partial charge in [0.25, 0.3) is 10.0 Å². The van der Waals surface area contributed by atoms with Crippen LogP contribution in [0.2, 0.25) is 0 Å². The molecule has 0 heterocycles. The molecule has 0 saturated carbocycles. The lowest BCUT2D eigenvalue weighted by Crippen LogP contribution is -2.41. The molecule has 0 atom stereocenters. The predicted molar refractivity (Wildman–Crippen MR) is 136 cm³/mol. The maximum Gasteiger partial charge on any atom is 0.264 e. The Hall–Kier alpha value is -3.24. The standard InChI is InChI=1S/C25H27FN2O5S2/c1-32-20-11-13-21(14-12-20)35(30,31)28(23-9-5-6-10-24(23)33-2)17-25(29)27-15-16-34-18-19-7-3-4-8-22(19)26/h3-14H,15-18H2,1-2H3,(H,27,29). The first-order valence-corrected chi connectivity index (χ1v) is 13.3. The topological polar surface area (TPSA) is 84.9 Å². The predicted octanol–water partition coefficient (Wildman–Crippen LogP) is 4.09. The second-order valence-corrected chi connectivity index (χ2v) is 10.3. The molecular weight excluding hydrogens is 491 g/mol. The van der Waals surface area contributed by atoms with Gasteiger partial charge in [0, 0.05) is 18.1 Å². The van der Waals surface area contributed by atoms with Crippen LogP contribution in [0, 0.1) is 5.82 Å². The van der Waals surface area contributed by atoms with Crippen molar-refractivity contribution in [3.05, 3.63) is 84.2 Å². The summed E-state index contributed by atoms with van der Waals surface area (Å²) in [5.41, 5.74) is 0.839. The van der Waals surface area contributed by atoms with Crippen LogP contribution in [-0.4, -0.2) is 47.4 Å². The second kappa shape index (κ2) is 12.5. The zero-order chi connectivity index (χ0) is 25.3. The Kier molecular flexibility index (Phi) is 9.39. The van der Waals surface area contributed by atoms with Crippen LogP contribution in [0.4, 0.5) is 10.1 Å². The normalized spacial score (nSPS) is 11.1. The highest BCUT2D eigenvalue weighted by Crippen LogP contribution is 2.32. The van der Waals surface area contributed by atoms with Crippen molar-refractivity contribution >= 4 is 33.4 Å². The Morgan fingerprint density at radius 1 is 0.971 bits per heavy atom. The molecule has 3 aromatic carbocycles. The number of hydrogen-bond acceptors (Lipinski definition) is 6. The number of carbonyl (C=O) groups excluding carboxylic acids is 1. The summed E-state index contributed by atoms with van der Waals surface area (Å²) in [6, 6.07) is 19.1. The van der Waals surface area contributed by atoms with Crippen molar-refractivity contribution in [3.63, 3.8) is 0 Å². The number of amides is 1. The lowest BCUT2D eigenvalue weighted by Gasteiger charge is -2.25. The van der Waals surface area contributed by atoms with Crippen LogP contribution < -0.4 is 19.1 Å². The van der Waals surface area contributed by atoms with Crippen LogP contribution in [-0.2, 0) is 20.6 Å². The molecule has 10 heteroatoms. The summed E-state index contributed by atoms with van der Waals surface area (Å²) in [5.74, 6) is 1.11. The quantitative estimate of drug-likeness (QED) is 0.364. The van der Waals surface area contributed by atoms with Crippen LogP contribution in [0.1, 0.15) is 5.56 Å². The van der Waals surface area contributed by atoms with Crippen LogP contribution in [0.5, 0.6) is 11.5 Å². The van der Waals surface area contributed by atoms with Gasteiger partial charge in [-0.25, -0.2) is 12.8 Å². The maximum absolute atomic E-state index is 13.7. The molecule has 0 radical (unpaired) electrons. The van der Waals surface area contributed by atoms with Crippen molar-refractivity contribution in [1.29, 1.82) is 0 Å². The number of halogens is 1. The number of methoxy groups -OCH3 is 2. The zero-order valence-electron chi connectivity index (χ0n) is 19.4. The Morgan fingerprint density at radius 3 is 2.34 bits per heavy atom. The first kappa shape index (κ1) is 26.4. The number of para-hydroxylation sites is 2. The number of carbonyl (C=O) groups is 1. The first-order chi connectivity index (χ1) is 16.9. The molecule has 1 amide bonds. The lowest BCUT2D eigenvalue weighted by atomic mass is 10.2. The largest absolute Gasteiger partial charge is 0.497 e. The van der Waals surface area contributed by atoms with E-state index in [2.05, 4.69) is 5.32 Å². The van der Waals surface area contributed by atoms with Gasteiger partial charge >= 0.3 is 0 Å². The summed E-state index contributed by atoms with van der Waals surface area (Å²) in [5, 5.41) is 2.74. The number of ether oxygens (including phenoxy) is 2. The van der Waals surface area contributed by atoms with E-state index in [1.165, 1.54) is 44.2 Å². The van der Waals surface area contributed by atoms with Gasteiger partial charge in [-0.15, -0.1) is 0 Å². The molecule has 0 spiro atoms. The van der Waals surface area contributed by atoms with E-state index in [0.717, 1.165) is 4.31 Å². The number of nitrogens with zero attached hydrogens (tertiary/aromatic N) is 1. The van der Waals surface area contributed by atoms with Crippen molar-refractivity contribution in [1.82, 2.24) is 5.32 Å². The summed E-state index contributed by atoms with van der Waals surface area (Å²) in [4.78, 5) is 12.8. The van der Waals surface area contributed by atoms with Crippen LogP contribution in [0.15, 0.2) is 77.7 Å². The third-order valence-corrected chi connectivity index (χ3v) is 7.85. The molecule has 0 saturated heterocycles. The summed E-state index contributed by atoms with van der Waals surface area (Å²) in [6.07, 6.45) is 0. The van der Waals surface area contributed by atoms with E-state index in [1.54, 1.807) is 54.6 Å². The first-order valence-electron chi connectivity index (χ1n) is 10.7. The monoisotopic (exact) mass is 518 g/mol. The molecule has 0 aliphatic carbocycles. The molecule has 0 aliphatic rings. The molecular formula is C25H27FN2O5S2. The van der Waals surface area contributed by atoms with Gasteiger partial charge in [-0.05, 0) is 48.0 Å². The lowest BCUT2D eigenvalue weighted by molar-refractivity contribution is -0.119. The van der Waals surface area contributed by atoms with Gasteiger partial charge in [-0.2, -0.15) is 11.8 Å². The highest BCUT2D eigenvalue weighted by molar-refractivity contribution is 7.98. The van der Waals surface area contributed by atoms with Gasteiger partial charge in [0.15, 0.2) is 0 Å². The average molecular weight is 519 g/mol. The zero-order valence-corrected chi connectivity index (χ0v) is 21.1. The number of sulfonamides is 1. The average Bonchev–Trinajstić information content (AvgIpc) is 2.88.